The number of nitrogens with one attached hydrogen (secondary N) is 2. The van der Waals surface area contributed by atoms with Crippen molar-refractivity contribution in [3.8, 4) is 0 Å². The second-order valence-corrected chi connectivity index (χ2v) is 9.39. The number of hydrogen-bond donors (Lipinski definition) is 3. The van der Waals surface area contributed by atoms with E-state index in [1.54, 1.807) is 26.8 Å². The van der Waals surface area contributed by atoms with Crippen LogP contribution in [0, 0.1) is 6.92 Å². The van der Waals surface area contributed by atoms with E-state index in [9.17, 15) is 19.5 Å². The molecule has 0 radical (unpaired) electrons. The van der Waals surface area contributed by atoms with Crippen LogP contribution in [0.3, 0.4) is 0 Å². The molecule has 8 nitrogen and oxygen atoms in total. The van der Waals surface area contributed by atoms with Crippen molar-refractivity contribution in [2.45, 2.75) is 71.7 Å². The molecule has 0 aliphatic rings. The number of hydrogen-bond acceptors (Lipinski definition) is 5. The molecule has 0 aliphatic carbocycles. The van der Waals surface area contributed by atoms with Crippen molar-refractivity contribution in [1.29, 1.82) is 0 Å². The smallest absolute Gasteiger partial charge is 0.408 e. The standard InChI is InChI=1S/C22H35N3O5/c1-14-10-9-11-15(12-14)17(18(27)24-21(2,3)4)25(8)19(28)16(13-26)23-20(29)30-22(5,6)7/h9-12,16-17,26H,13H2,1-8H3,(H,23,29)(H,24,27). The molecule has 0 aliphatic heterocycles. The molecule has 1 rings (SSSR count). The predicted octanol–water partition coefficient (Wildman–Crippen LogP) is 2.29. The molecule has 2 atom stereocenters. The molecule has 1 aromatic carbocycles. The number of benzene rings is 1. The van der Waals surface area contributed by atoms with Crippen LogP contribution < -0.4 is 10.6 Å². The van der Waals surface area contributed by atoms with Crippen LogP contribution in [0.2, 0.25) is 0 Å². The highest BCUT2D eigenvalue weighted by Gasteiger charge is 2.35. The van der Waals surface area contributed by atoms with E-state index >= 15 is 0 Å². The number of rotatable bonds is 6. The number of carbonyl (C=O) groups excluding carboxylic acids is 3. The van der Waals surface area contributed by atoms with Crippen LogP contribution in [-0.2, 0) is 14.3 Å². The van der Waals surface area contributed by atoms with Gasteiger partial charge in [0, 0.05) is 12.6 Å². The summed E-state index contributed by atoms with van der Waals surface area (Å²) in [7, 11) is 1.47. The quantitative estimate of drug-likeness (QED) is 0.653. The highest BCUT2D eigenvalue weighted by atomic mass is 16.6. The number of aryl methyl sites for hydroxylation is 1. The van der Waals surface area contributed by atoms with Gasteiger partial charge in [-0.3, -0.25) is 9.59 Å². The maximum Gasteiger partial charge on any atom is 0.408 e. The molecule has 3 N–H and O–H groups in total. The van der Waals surface area contributed by atoms with E-state index in [0.717, 1.165) is 5.56 Å². The zero-order chi connectivity index (χ0) is 23.3. The summed E-state index contributed by atoms with van der Waals surface area (Å²) in [6.45, 7) is 11.9. The second-order valence-electron chi connectivity index (χ2n) is 9.39. The first-order valence-corrected chi connectivity index (χ1v) is 9.90. The van der Waals surface area contributed by atoms with E-state index in [-0.39, 0.29) is 5.91 Å². The number of likely N-dealkylation sites (N-methyl/N-ethyl adjacent to an activating group) is 1. The molecule has 0 bridgehead atoms. The Bertz CT molecular complexity index is 765. The van der Waals surface area contributed by atoms with Gasteiger partial charge in [0.05, 0.1) is 6.61 Å². The second kappa shape index (κ2) is 9.93. The van der Waals surface area contributed by atoms with Gasteiger partial charge in [-0.1, -0.05) is 29.8 Å². The first kappa shape index (κ1) is 25.4. The lowest BCUT2D eigenvalue weighted by atomic mass is 10.00. The molecule has 0 saturated heterocycles. The van der Waals surface area contributed by atoms with Crippen LogP contribution in [0.4, 0.5) is 4.79 Å². The molecule has 1 aromatic rings. The van der Waals surface area contributed by atoms with E-state index in [0.29, 0.717) is 5.56 Å². The van der Waals surface area contributed by atoms with Gasteiger partial charge in [0.25, 0.3) is 0 Å². The van der Waals surface area contributed by atoms with E-state index in [4.69, 9.17) is 4.74 Å². The fourth-order valence-electron chi connectivity index (χ4n) is 2.84. The Morgan fingerprint density at radius 3 is 2.20 bits per heavy atom. The highest BCUT2D eigenvalue weighted by Crippen LogP contribution is 2.23. The van der Waals surface area contributed by atoms with Crippen LogP contribution in [0.25, 0.3) is 0 Å². The van der Waals surface area contributed by atoms with Crippen molar-refractivity contribution in [3.05, 3.63) is 35.4 Å². The summed E-state index contributed by atoms with van der Waals surface area (Å²) < 4.78 is 5.16. The van der Waals surface area contributed by atoms with E-state index in [2.05, 4.69) is 10.6 Å². The third-order valence-electron chi connectivity index (χ3n) is 4.01. The molecule has 2 unspecified atom stereocenters. The lowest BCUT2D eigenvalue weighted by Gasteiger charge is -2.33. The zero-order valence-corrected chi connectivity index (χ0v) is 19.2. The summed E-state index contributed by atoms with van der Waals surface area (Å²) in [5.74, 6) is -0.975. The fourth-order valence-corrected chi connectivity index (χ4v) is 2.84. The Hall–Kier alpha value is -2.61. The topological polar surface area (TPSA) is 108 Å². The van der Waals surface area contributed by atoms with Gasteiger partial charge < -0.3 is 25.4 Å². The molecule has 0 spiro atoms. The van der Waals surface area contributed by atoms with Gasteiger partial charge in [0.1, 0.15) is 17.7 Å². The average molecular weight is 422 g/mol. The predicted molar refractivity (Wildman–Crippen MR) is 115 cm³/mol. The molecule has 0 heterocycles. The maximum atomic E-state index is 13.1. The Morgan fingerprint density at radius 1 is 1.13 bits per heavy atom. The zero-order valence-electron chi connectivity index (χ0n) is 19.2. The van der Waals surface area contributed by atoms with Gasteiger partial charge in [0.2, 0.25) is 11.8 Å². The molecule has 30 heavy (non-hydrogen) atoms. The summed E-state index contributed by atoms with van der Waals surface area (Å²) in [5.41, 5.74) is 0.304. The van der Waals surface area contributed by atoms with Gasteiger partial charge in [-0.2, -0.15) is 0 Å². The summed E-state index contributed by atoms with van der Waals surface area (Å²) in [4.78, 5) is 39.4. The molecule has 0 fully saturated rings. The van der Waals surface area contributed by atoms with Crippen LogP contribution in [0.5, 0.6) is 0 Å². The van der Waals surface area contributed by atoms with Crippen molar-refractivity contribution >= 4 is 17.9 Å². The number of aliphatic hydroxyl groups is 1. The van der Waals surface area contributed by atoms with Crippen molar-refractivity contribution in [1.82, 2.24) is 15.5 Å². The normalized spacial score (nSPS) is 13.8. The highest BCUT2D eigenvalue weighted by molar-refractivity contribution is 5.92. The van der Waals surface area contributed by atoms with Gasteiger partial charge in [-0.25, -0.2) is 4.79 Å². The number of nitrogens with zero attached hydrogens (tertiary/aromatic N) is 1. The lowest BCUT2D eigenvalue weighted by molar-refractivity contribution is -0.142. The average Bonchev–Trinajstić information content (AvgIpc) is 2.56. The third kappa shape index (κ3) is 8.02. The van der Waals surface area contributed by atoms with Crippen molar-refractivity contribution in [2.24, 2.45) is 0 Å². The van der Waals surface area contributed by atoms with Crippen molar-refractivity contribution < 1.29 is 24.2 Å². The largest absolute Gasteiger partial charge is 0.444 e. The summed E-state index contributed by atoms with van der Waals surface area (Å²) in [5, 5.41) is 15.0. The minimum Gasteiger partial charge on any atom is -0.444 e. The number of amides is 3. The summed E-state index contributed by atoms with van der Waals surface area (Å²) in [6, 6.07) is 5.10. The molecule has 0 saturated carbocycles. The number of aliphatic hydroxyl groups excluding tert-OH is 1. The number of alkyl carbamates (subject to hydrolysis) is 1. The summed E-state index contributed by atoms with van der Waals surface area (Å²) in [6.07, 6.45) is -0.824. The fraction of sp³-hybridized carbons (Fsp3) is 0.591. The lowest BCUT2D eigenvalue weighted by Crippen LogP contribution is -2.54. The van der Waals surface area contributed by atoms with Gasteiger partial charge in [0.15, 0.2) is 0 Å². The van der Waals surface area contributed by atoms with Crippen LogP contribution in [-0.4, -0.2) is 58.8 Å². The van der Waals surface area contributed by atoms with Crippen molar-refractivity contribution in [3.63, 3.8) is 0 Å². The van der Waals surface area contributed by atoms with Crippen LogP contribution in [0.15, 0.2) is 24.3 Å². The molecule has 3 amide bonds. The van der Waals surface area contributed by atoms with Gasteiger partial charge >= 0.3 is 6.09 Å². The van der Waals surface area contributed by atoms with E-state index < -0.39 is 41.8 Å². The molecular formula is C22H35N3O5. The molecular weight excluding hydrogens is 386 g/mol. The molecule has 8 heteroatoms. The SMILES string of the molecule is Cc1cccc(C(C(=O)NC(C)(C)C)N(C)C(=O)C(CO)NC(=O)OC(C)(C)C)c1. The van der Waals surface area contributed by atoms with E-state index in [1.807, 2.05) is 45.9 Å². The Balaban J connectivity index is 3.17. The first-order valence-electron chi connectivity index (χ1n) is 9.90. The van der Waals surface area contributed by atoms with Crippen LogP contribution in [0.1, 0.15) is 58.7 Å². The Labute approximate surface area is 179 Å². The molecule has 168 valence electrons. The number of ether oxygens (including phenoxy) is 1. The monoisotopic (exact) mass is 421 g/mol. The van der Waals surface area contributed by atoms with E-state index in [1.165, 1.54) is 11.9 Å². The number of carbonyl (C=O) groups is 3. The first-order chi connectivity index (χ1) is 13.6. The minimum absolute atomic E-state index is 0.363. The summed E-state index contributed by atoms with van der Waals surface area (Å²) >= 11 is 0. The van der Waals surface area contributed by atoms with Crippen LogP contribution >= 0.6 is 0 Å². The van der Waals surface area contributed by atoms with Gasteiger partial charge in [-0.15, -0.1) is 0 Å². The van der Waals surface area contributed by atoms with Crippen molar-refractivity contribution in [2.75, 3.05) is 13.7 Å². The Kier molecular flexibility index (Phi) is 8.42. The Morgan fingerprint density at radius 2 is 1.73 bits per heavy atom. The van der Waals surface area contributed by atoms with Gasteiger partial charge in [-0.05, 0) is 54.0 Å². The molecule has 0 aromatic heterocycles. The third-order valence-corrected chi connectivity index (χ3v) is 4.01. The maximum absolute atomic E-state index is 13.1. The minimum atomic E-state index is -1.25.